The summed E-state index contributed by atoms with van der Waals surface area (Å²) in [6.07, 6.45) is 17.5. The SMILES string of the molecule is Cc1ccc(S(=O)(=O)[O-])cc1.OCCCCCCCCCCCC[N+]1(CC#CI)CCCCC1. The molecule has 0 radical (unpaired) electrons. The molecule has 0 unspecified atom stereocenters. The van der Waals surface area contributed by atoms with E-state index >= 15 is 0 Å². The van der Waals surface area contributed by atoms with Crippen LogP contribution >= 0.6 is 22.6 Å². The highest BCUT2D eigenvalue weighted by Crippen LogP contribution is 2.20. The first-order chi connectivity index (χ1) is 16.3. The molecule has 5 nitrogen and oxygen atoms in total. The van der Waals surface area contributed by atoms with Crippen molar-refractivity contribution in [2.24, 2.45) is 0 Å². The molecule has 7 heteroatoms. The lowest BCUT2D eigenvalue weighted by atomic mass is 10.0. The summed E-state index contributed by atoms with van der Waals surface area (Å²) in [5, 5.41) is 8.74. The molecule has 1 aromatic carbocycles. The Balaban J connectivity index is 0.000000437. The Morgan fingerprint density at radius 2 is 1.38 bits per heavy atom. The number of aryl methyl sites for hydroxylation is 1. The van der Waals surface area contributed by atoms with Gasteiger partial charge < -0.3 is 14.1 Å². The van der Waals surface area contributed by atoms with E-state index in [1.54, 1.807) is 12.1 Å². The van der Waals surface area contributed by atoms with Crippen molar-refractivity contribution in [2.75, 3.05) is 32.8 Å². The molecule has 1 fully saturated rings. The largest absolute Gasteiger partial charge is 0.744 e. The van der Waals surface area contributed by atoms with E-state index in [9.17, 15) is 13.0 Å². The van der Waals surface area contributed by atoms with Gasteiger partial charge in [-0.15, -0.1) is 0 Å². The van der Waals surface area contributed by atoms with Crippen molar-refractivity contribution in [2.45, 2.75) is 95.3 Å². The molecule has 0 amide bonds. The maximum absolute atomic E-state index is 10.4. The Morgan fingerprint density at radius 1 is 0.882 bits per heavy atom. The first-order valence-electron chi connectivity index (χ1n) is 12.9. The fraction of sp³-hybridized carbons (Fsp3) is 0.704. The number of rotatable bonds is 14. The number of hydrogen-bond donors (Lipinski definition) is 1. The van der Waals surface area contributed by atoms with Crippen molar-refractivity contribution in [1.82, 2.24) is 0 Å². The van der Waals surface area contributed by atoms with Gasteiger partial charge in [-0.25, -0.2) is 8.42 Å². The molecule has 194 valence electrons. The van der Waals surface area contributed by atoms with Gasteiger partial charge in [0, 0.05) is 29.2 Å². The molecule has 0 atom stereocenters. The molecule has 34 heavy (non-hydrogen) atoms. The van der Waals surface area contributed by atoms with E-state index in [1.807, 2.05) is 6.92 Å². The highest BCUT2D eigenvalue weighted by molar-refractivity contribution is 14.1. The van der Waals surface area contributed by atoms with E-state index in [4.69, 9.17) is 5.11 Å². The normalized spacial score (nSPS) is 15.1. The second kappa shape index (κ2) is 18.6. The summed E-state index contributed by atoms with van der Waals surface area (Å²) in [7, 11) is -4.27. The van der Waals surface area contributed by atoms with Crippen LogP contribution in [-0.4, -0.2) is 55.3 Å². The third kappa shape index (κ3) is 14.7. The third-order valence-electron chi connectivity index (χ3n) is 6.60. The first kappa shape index (κ1) is 31.4. The lowest BCUT2D eigenvalue weighted by Crippen LogP contribution is -2.52. The molecular formula is C27H44INO4S. The lowest BCUT2D eigenvalue weighted by Gasteiger charge is -2.40. The molecule has 0 saturated carbocycles. The van der Waals surface area contributed by atoms with E-state index in [-0.39, 0.29) is 4.90 Å². The topological polar surface area (TPSA) is 77.4 Å². The summed E-state index contributed by atoms with van der Waals surface area (Å²) in [5.41, 5.74) is 0.928. The van der Waals surface area contributed by atoms with Gasteiger partial charge in [0.1, 0.15) is 16.7 Å². The Kier molecular flexibility index (Phi) is 17.1. The van der Waals surface area contributed by atoms with Crippen LogP contribution < -0.4 is 0 Å². The van der Waals surface area contributed by atoms with Gasteiger partial charge in [-0.2, -0.15) is 0 Å². The quantitative estimate of drug-likeness (QED) is 0.0904. The van der Waals surface area contributed by atoms with E-state index in [0.717, 1.165) is 18.5 Å². The van der Waals surface area contributed by atoms with Crippen LogP contribution in [0.5, 0.6) is 0 Å². The van der Waals surface area contributed by atoms with E-state index in [0.29, 0.717) is 6.61 Å². The van der Waals surface area contributed by atoms with Crippen molar-refractivity contribution in [3.8, 4) is 9.85 Å². The first-order valence-corrected chi connectivity index (χ1v) is 15.4. The smallest absolute Gasteiger partial charge is 0.141 e. The summed E-state index contributed by atoms with van der Waals surface area (Å²) in [4.78, 5) is -0.178. The number of benzene rings is 1. The monoisotopic (exact) mass is 605 g/mol. The summed E-state index contributed by atoms with van der Waals surface area (Å²) in [5.74, 6) is 3.34. The third-order valence-corrected chi connectivity index (χ3v) is 7.83. The Bertz CT molecular complexity index is 809. The van der Waals surface area contributed by atoms with Crippen LogP contribution in [0.4, 0.5) is 0 Å². The van der Waals surface area contributed by atoms with Crippen molar-refractivity contribution in [3.05, 3.63) is 29.8 Å². The molecule has 2 rings (SSSR count). The molecule has 1 aliphatic rings. The van der Waals surface area contributed by atoms with E-state index in [1.165, 1.54) is 113 Å². The minimum atomic E-state index is -4.27. The standard InChI is InChI=1S/C20H37INO.C7H8O3S/c21-15-14-19-22(17-11-9-12-18-22)16-10-7-5-3-1-2-4-6-8-13-20-23;1-6-2-4-7(5-3-6)11(8,9)10/h23H,1-13,16-20H2;2-5H,1H3,(H,8,9,10)/q+1;/p-1. The van der Waals surface area contributed by atoms with Crippen molar-refractivity contribution >= 4 is 32.7 Å². The van der Waals surface area contributed by atoms with E-state index < -0.39 is 10.1 Å². The minimum Gasteiger partial charge on any atom is -0.744 e. The maximum Gasteiger partial charge on any atom is 0.141 e. The summed E-state index contributed by atoms with van der Waals surface area (Å²) in [6, 6.07) is 5.78. The molecule has 0 bridgehead atoms. The van der Waals surface area contributed by atoms with Crippen molar-refractivity contribution in [1.29, 1.82) is 0 Å². The highest BCUT2D eigenvalue weighted by atomic mass is 127. The second-order valence-corrected chi connectivity index (χ2v) is 11.4. The number of quaternary nitrogens is 1. The van der Waals surface area contributed by atoms with Gasteiger partial charge in [0.05, 0.1) is 24.5 Å². The molecule has 0 spiro atoms. The molecule has 0 aliphatic carbocycles. The van der Waals surface area contributed by atoms with Gasteiger partial charge in [0.15, 0.2) is 0 Å². The number of nitrogens with zero attached hydrogens (tertiary/aromatic N) is 1. The number of likely N-dealkylation sites (tertiary alicyclic amines) is 1. The van der Waals surface area contributed by atoms with E-state index in [2.05, 4.69) is 32.4 Å². The zero-order chi connectivity index (χ0) is 25.1. The van der Waals surface area contributed by atoms with Gasteiger partial charge in [-0.1, -0.05) is 62.6 Å². The molecule has 1 N–H and O–H groups in total. The zero-order valence-corrected chi connectivity index (χ0v) is 23.9. The molecule has 1 aliphatic heterocycles. The zero-order valence-electron chi connectivity index (χ0n) is 20.9. The maximum atomic E-state index is 10.4. The van der Waals surface area contributed by atoms with Gasteiger partial charge in [-0.3, -0.25) is 0 Å². The minimum absolute atomic E-state index is 0.178. The molecular weight excluding hydrogens is 561 g/mol. The number of piperidine rings is 1. The van der Waals surface area contributed by atoms with Gasteiger partial charge in [0.2, 0.25) is 0 Å². The summed E-state index contributed by atoms with van der Waals surface area (Å²) < 4.78 is 35.5. The summed E-state index contributed by atoms with van der Waals surface area (Å²) in [6.45, 7) is 7.34. The molecule has 0 aromatic heterocycles. The van der Waals surface area contributed by atoms with Crippen LogP contribution in [-0.2, 0) is 10.1 Å². The predicted octanol–water partition coefficient (Wildman–Crippen LogP) is 6.18. The molecule has 1 heterocycles. The number of aliphatic hydroxyl groups excluding tert-OH is 1. The predicted molar refractivity (Wildman–Crippen MR) is 148 cm³/mol. The number of unbranched alkanes of at least 4 members (excludes halogenated alkanes) is 9. The van der Waals surface area contributed by atoms with Gasteiger partial charge in [-0.05, 0) is 67.4 Å². The fourth-order valence-corrected chi connectivity index (χ4v) is 5.16. The molecule has 1 saturated heterocycles. The van der Waals surface area contributed by atoms with Crippen LogP contribution in [0.15, 0.2) is 29.2 Å². The Hall–Kier alpha value is -0.660. The van der Waals surface area contributed by atoms with Crippen LogP contribution in [0.1, 0.15) is 89.0 Å². The lowest BCUT2D eigenvalue weighted by molar-refractivity contribution is -0.926. The van der Waals surface area contributed by atoms with Crippen molar-refractivity contribution in [3.63, 3.8) is 0 Å². The Labute approximate surface area is 222 Å². The van der Waals surface area contributed by atoms with Gasteiger partial charge >= 0.3 is 0 Å². The average Bonchev–Trinajstić information content (AvgIpc) is 2.82. The number of aliphatic hydroxyl groups is 1. The van der Waals surface area contributed by atoms with Crippen LogP contribution in [0.2, 0.25) is 0 Å². The Morgan fingerprint density at radius 3 is 1.85 bits per heavy atom. The highest BCUT2D eigenvalue weighted by Gasteiger charge is 2.28. The second-order valence-electron chi connectivity index (χ2n) is 9.53. The number of halogens is 1. The van der Waals surface area contributed by atoms with Gasteiger partial charge in [0.25, 0.3) is 0 Å². The number of hydrogen-bond acceptors (Lipinski definition) is 4. The van der Waals surface area contributed by atoms with Crippen LogP contribution in [0.25, 0.3) is 0 Å². The van der Waals surface area contributed by atoms with Crippen LogP contribution in [0.3, 0.4) is 0 Å². The van der Waals surface area contributed by atoms with Crippen LogP contribution in [0, 0.1) is 16.8 Å². The molecule has 1 aromatic rings. The average molecular weight is 606 g/mol. The summed E-state index contributed by atoms with van der Waals surface area (Å²) >= 11 is 2.18. The van der Waals surface area contributed by atoms with Crippen molar-refractivity contribution < 1.29 is 22.6 Å². The fourth-order valence-electron chi connectivity index (χ4n) is 4.52.